The lowest BCUT2D eigenvalue weighted by Crippen LogP contribution is -2.23. The predicted octanol–water partition coefficient (Wildman–Crippen LogP) is 2.95. The molecular weight excluding hydrogens is 234 g/mol. The van der Waals surface area contributed by atoms with Crippen LogP contribution in [0.25, 0.3) is 10.7 Å². The second-order valence-corrected chi connectivity index (χ2v) is 5.30. The minimum absolute atomic E-state index is 0.235. The molecule has 0 amide bonds. The lowest BCUT2D eigenvalue weighted by molar-refractivity contribution is 0.209. The van der Waals surface area contributed by atoms with E-state index in [1.165, 1.54) is 12.8 Å². The van der Waals surface area contributed by atoms with E-state index in [0.717, 1.165) is 23.9 Å². The number of nitrogens with zero attached hydrogens (tertiary/aromatic N) is 3. The summed E-state index contributed by atoms with van der Waals surface area (Å²) in [5.74, 6) is 1.44. The zero-order chi connectivity index (χ0) is 11.7. The highest BCUT2D eigenvalue weighted by Gasteiger charge is 2.24. The van der Waals surface area contributed by atoms with Crippen LogP contribution in [0, 0.1) is 0 Å². The van der Waals surface area contributed by atoms with Crippen molar-refractivity contribution in [2.24, 2.45) is 0 Å². The maximum atomic E-state index is 5.37. The van der Waals surface area contributed by atoms with E-state index < -0.39 is 0 Å². The Morgan fingerprint density at radius 2 is 2.24 bits per heavy atom. The molecule has 90 valence electrons. The molecule has 17 heavy (non-hydrogen) atoms. The number of hydrogen-bond acceptors (Lipinski definition) is 5. The molecule has 2 aromatic heterocycles. The molecule has 5 heteroatoms. The van der Waals surface area contributed by atoms with Gasteiger partial charge in [0.1, 0.15) is 0 Å². The lowest BCUT2D eigenvalue weighted by atomic mass is 10.3. The second kappa shape index (κ2) is 4.58. The average molecular weight is 249 g/mol. The number of hydrogen-bond donors (Lipinski definition) is 0. The van der Waals surface area contributed by atoms with E-state index in [2.05, 4.69) is 22.0 Å². The Morgan fingerprint density at radius 1 is 1.41 bits per heavy atom. The highest BCUT2D eigenvalue weighted by Crippen LogP contribution is 2.26. The van der Waals surface area contributed by atoms with Crippen molar-refractivity contribution < 1.29 is 4.52 Å². The van der Waals surface area contributed by atoms with Gasteiger partial charge in [0.05, 0.1) is 10.9 Å². The molecule has 0 saturated carbocycles. The Balaban J connectivity index is 1.80. The van der Waals surface area contributed by atoms with Gasteiger partial charge in [-0.1, -0.05) is 11.2 Å². The Kier molecular flexibility index (Phi) is 2.94. The summed E-state index contributed by atoms with van der Waals surface area (Å²) < 4.78 is 5.37. The Morgan fingerprint density at radius 3 is 2.94 bits per heavy atom. The van der Waals surface area contributed by atoms with Crippen molar-refractivity contribution in [3.8, 4) is 10.7 Å². The molecule has 0 aromatic carbocycles. The monoisotopic (exact) mass is 249 g/mol. The zero-order valence-corrected chi connectivity index (χ0v) is 10.6. The molecular formula is C12H15N3OS. The van der Waals surface area contributed by atoms with E-state index in [1.807, 2.05) is 17.5 Å². The largest absolute Gasteiger partial charge is 0.337 e. The van der Waals surface area contributed by atoms with Crippen molar-refractivity contribution in [2.75, 3.05) is 13.1 Å². The van der Waals surface area contributed by atoms with Crippen molar-refractivity contribution in [3.63, 3.8) is 0 Å². The van der Waals surface area contributed by atoms with Gasteiger partial charge in [-0.15, -0.1) is 11.3 Å². The molecule has 1 fully saturated rings. The quantitative estimate of drug-likeness (QED) is 0.838. The van der Waals surface area contributed by atoms with Crippen LogP contribution in [0.1, 0.15) is 31.7 Å². The molecule has 1 saturated heterocycles. The summed E-state index contributed by atoms with van der Waals surface area (Å²) in [6, 6.07) is 4.25. The summed E-state index contributed by atoms with van der Waals surface area (Å²) in [5.41, 5.74) is 0. The summed E-state index contributed by atoms with van der Waals surface area (Å²) in [4.78, 5) is 7.95. The molecule has 1 unspecified atom stereocenters. The van der Waals surface area contributed by atoms with Gasteiger partial charge in [0, 0.05) is 0 Å². The van der Waals surface area contributed by atoms with Crippen LogP contribution in [-0.4, -0.2) is 28.1 Å². The summed E-state index contributed by atoms with van der Waals surface area (Å²) in [6.07, 6.45) is 2.55. The number of likely N-dealkylation sites (tertiary alicyclic amines) is 1. The maximum absolute atomic E-state index is 5.37. The topological polar surface area (TPSA) is 42.2 Å². The SMILES string of the molecule is CC(c1nc(-c2cccs2)no1)N1CCCC1. The standard InChI is InChI=1S/C12H15N3OS/c1-9(15-6-2-3-7-15)12-13-11(14-16-12)10-5-4-8-17-10/h4-5,8-9H,2-3,6-7H2,1H3. The van der Waals surface area contributed by atoms with E-state index in [-0.39, 0.29) is 6.04 Å². The molecule has 4 nitrogen and oxygen atoms in total. The van der Waals surface area contributed by atoms with Crippen molar-refractivity contribution in [2.45, 2.75) is 25.8 Å². The van der Waals surface area contributed by atoms with Crippen LogP contribution >= 0.6 is 11.3 Å². The van der Waals surface area contributed by atoms with Gasteiger partial charge in [-0.2, -0.15) is 4.98 Å². The lowest BCUT2D eigenvalue weighted by Gasteiger charge is -2.19. The molecule has 0 aliphatic carbocycles. The minimum atomic E-state index is 0.235. The first kappa shape index (κ1) is 10.9. The average Bonchev–Trinajstić information content (AvgIpc) is 3.09. The first-order valence-corrected chi connectivity index (χ1v) is 6.84. The second-order valence-electron chi connectivity index (χ2n) is 4.35. The normalized spacial score (nSPS) is 18.6. The first-order valence-electron chi connectivity index (χ1n) is 5.96. The highest BCUT2D eigenvalue weighted by molar-refractivity contribution is 7.13. The molecule has 0 radical (unpaired) electrons. The van der Waals surface area contributed by atoms with Crippen molar-refractivity contribution in [3.05, 3.63) is 23.4 Å². The van der Waals surface area contributed by atoms with E-state index in [9.17, 15) is 0 Å². The van der Waals surface area contributed by atoms with E-state index in [0.29, 0.717) is 5.82 Å². The minimum Gasteiger partial charge on any atom is -0.337 e. The van der Waals surface area contributed by atoms with Gasteiger partial charge in [-0.05, 0) is 44.3 Å². The summed E-state index contributed by atoms with van der Waals surface area (Å²) in [7, 11) is 0. The molecule has 3 rings (SSSR count). The highest BCUT2D eigenvalue weighted by atomic mass is 32.1. The van der Waals surface area contributed by atoms with E-state index >= 15 is 0 Å². The molecule has 0 bridgehead atoms. The number of aromatic nitrogens is 2. The van der Waals surface area contributed by atoms with Crippen LogP contribution in [0.15, 0.2) is 22.0 Å². The number of rotatable bonds is 3. The molecule has 1 aliphatic heterocycles. The third-order valence-corrected chi connectivity index (χ3v) is 4.09. The van der Waals surface area contributed by atoms with Crippen LogP contribution in [0.2, 0.25) is 0 Å². The van der Waals surface area contributed by atoms with Crippen LogP contribution in [0.4, 0.5) is 0 Å². The smallest absolute Gasteiger partial charge is 0.244 e. The van der Waals surface area contributed by atoms with Crippen LogP contribution in [0.3, 0.4) is 0 Å². The summed E-state index contributed by atoms with van der Waals surface area (Å²) >= 11 is 1.63. The fourth-order valence-electron chi connectivity index (χ4n) is 2.20. The van der Waals surface area contributed by atoms with Crippen LogP contribution < -0.4 is 0 Å². The molecule has 3 heterocycles. The predicted molar refractivity (Wildman–Crippen MR) is 66.8 cm³/mol. The summed E-state index contributed by atoms with van der Waals surface area (Å²) in [5, 5.41) is 6.07. The Labute approximate surface area is 104 Å². The van der Waals surface area contributed by atoms with Gasteiger partial charge in [0.25, 0.3) is 0 Å². The third-order valence-electron chi connectivity index (χ3n) is 3.23. The molecule has 0 N–H and O–H groups in total. The Hall–Kier alpha value is -1.20. The first-order chi connectivity index (χ1) is 8.34. The third kappa shape index (κ3) is 2.12. The van der Waals surface area contributed by atoms with Crippen molar-refractivity contribution in [1.29, 1.82) is 0 Å². The van der Waals surface area contributed by atoms with Crippen molar-refractivity contribution in [1.82, 2.24) is 15.0 Å². The molecule has 1 atom stereocenters. The fraction of sp³-hybridized carbons (Fsp3) is 0.500. The van der Waals surface area contributed by atoms with Gasteiger partial charge >= 0.3 is 0 Å². The molecule has 2 aromatic rings. The maximum Gasteiger partial charge on any atom is 0.244 e. The van der Waals surface area contributed by atoms with Crippen LogP contribution in [-0.2, 0) is 0 Å². The Bertz CT molecular complexity index is 474. The van der Waals surface area contributed by atoms with Gasteiger partial charge in [-0.3, -0.25) is 4.90 Å². The summed E-state index contributed by atoms with van der Waals surface area (Å²) in [6.45, 7) is 4.41. The van der Waals surface area contributed by atoms with Gasteiger partial charge in [0.2, 0.25) is 11.7 Å². The van der Waals surface area contributed by atoms with Crippen molar-refractivity contribution >= 4 is 11.3 Å². The zero-order valence-electron chi connectivity index (χ0n) is 9.80. The van der Waals surface area contributed by atoms with Gasteiger partial charge < -0.3 is 4.52 Å². The van der Waals surface area contributed by atoms with E-state index in [4.69, 9.17) is 4.52 Å². The van der Waals surface area contributed by atoms with Gasteiger partial charge in [0.15, 0.2) is 0 Å². The van der Waals surface area contributed by atoms with Gasteiger partial charge in [-0.25, -0.2) is 0 Å². The number of thiophene rings is 1. The van der Waals surface area contributed by atoms with E-state index in [1.54, 1.807) is 11.3 Å². The fourth-order valence-corrected chi connectivity index (χ4v) is 2.85. The molecule has 1 aliphatic rings. The van der Waals surface area contributed by atoms with Crippen LogP contribution in [0.5, 0.6) is 0 Å². The molecule has 0 spiro atoms.